The van der Waals surface area contributed by atoms with Crippen LogP contribution in [0.25, 0.3) is 0 Å². The molecule has 2 nitrogen and oxygen atoms in total. The van der Waals surface area contributed by atoms with Crippen LogP contribution in [0, 0.1) is 5.82 Å². The minimum atomic E-state index is -0.213. The standard InChI is InChI=1S/C15H17FN2S2/c1-2-18(10-13-4-3-7-20-13)9-12-8-11(15(17)19)5-6-14(12)16/h3-8H,2,9-10H2,1H3,(H2,17,19). The topological polar surface area (TPSA) is 29.3 Å². The Balaban J connectivity index is 2.14. The summed E-state index contributed by atoms with van der Waals surface area (Å²) in [6.07, 6.45) is 0. The number of hydrogen-bond donors (Lipinski definition) is 1. The minimum absolute atomic E-state index is 0.213. The largest absolute Gasteiger partial charge is 0.389 e. The summed E-state index contributed by atoms with van der Waals surface area (Å²) in [7, 11) is 0. The van der Waals surface area contributed by atoms with E-state index < -0.39 is 0 Å². The second-order valence-corrected chi connectivity index (χ2v) is 6.03. The quantitative estimate of drug-likeness (QED) is 0.828. The minimum Gasteiger partial charge on any atom is -0.389 e. The molecule has 0 saturated heterocycles. The summed E-state index contributed by atoms with van der Waals surface area (Å²) in [6.45, 7) is 4.30. The van der Waals surface area contributed by atoms with Gasteiger partial charge in [0.2, 0.25) is 0 Å². The van der Waals surface area contributed by atoms with Crippen LogP contribution in [0.3, 0.4) is 0 Å². The molecule has 0 radical (unpaired) electrons. The van der Waals surface area contributed by atoms with Gasteiger partial charge in [-0.15, -0.1) is 11.3 Å². The van der Waals surface area contributed by atoms with Crippen molar-refractivity contribution in [1.29, 1.82) is 0 Å². The molecule has 5 heteroatoms. The molecule has 0 fully saturated rings. The molecule has 1 heterocycles. The van der Waals surface area contributed by atoms with E-state index >= 15 is 0 Å². The molecule has 0 aliphatic rings. The third kappa shape index (κ3) is 3.85. The lowest BCUT2D eigenvalue weighted by molar-refractivity contribution is 0.270. The molecule has 0 saturated carbocycles. The summed E-state index contributed by atoms with van der Waals surface area (Å²) in [4.78, 5) is 3.76. The Hall–Kier alpha value is -1.30. The van der Waals surface area contributed by atoms with Crippen molar-refractivity contribution < 1.29 is 4.39 Å². The lowest BCUT2D eigenvalue weighted by Gasteiger charge is -2.20. The molecule has 0 spiro atoms. The third-order valence-electron chi connectivity index (χ3n) is 3.13. The molecule has 20 heavy (non-hydrogen) atoms. The average Bonchev–Trinajstić information content (AvgIpc) is 2.92. The zero-order valence-electron chi connectivity index (χ0n) is 11.3. The highest BCUT2D eigenvalue weighted by Gasteiger charge is 2.11. The Bertz CT molecular complexity index is 582. The van der Waals surface area contributed by atoms with E-state index in [1.54, 1.807) is 23.5 Å². The predicted molar refractivity (Wildman–Crippen MR) is 86.4 cm³/mol. The van der Waals surface area contributed by atoms with E-state index in [0.717, 1.165) is 13.1 Å². The van der Waals surface area contributed by atoms with Crippen LogP contribution in [-0.4, -0.2) is 16.4 Å². The van der Waals surface area contributed by atoms with Crippen LogP contribution in [0.1, 0.15) is 22.9 Å². The fourth-order valence-electron chi connectivity index (χ4n) is 1.99. The molecule has 2 aromatic rings. The number of benzene rings is 1. The van der Waals surface area contributed by atoms with Crippen molar-refractivity contribution in [3.8, 4) is 0 Å². The van der Waals surface area contributed by atoms with E-state index in [0.29, 0.717) is 22.7 Å². The molecule has 0 atom stereocenters. The number of halogens is 1. The van der Waals surface area contributed by atoms with E-state index in [1.807, 2.05) is 6.07 Å². The molecular weight excluding hydrogens is 291 g/mol. The molecule has 0 unspecified atom stereocenters. The van der Waals surface area contributed by atoms with Crippen LogP contribution in [-0.2, 0) is 13.1 Å². The SMILES string of the molecule is CCN(Cc1cccs1)Cc1cc(C(N)=S)ccc1F. The highest BCUT2D eigenvalue weighted by Crippen LogP contribution is 2.17. The van der Waals surface area contributed by atoms with Crippen LogP contribution in [0.4, 0.5) is 4.39 Å². The Labute approximate surface area is 128 Å². The first-order chi connectivity index (χ1) is 9.60. The first-order valence-electron chi connectivity index (χ1n) is 6.43. The highest BCUT2D eigenvalue weighted by atomic mass is 32.1. The molecular formula is C15H17FN2S2. The van der Waals surface area contributed by atoms with Crippen LogP contribution in [0.2, 0.25) is 0 Å². The maximum Gasteiger partial charge on any atom is 0.127 e. The summed E-state index contributed by atoms with van der Waals surface area (Å²) in [6, 6.07) is 8.92. The Kier molecular flexibility index (Phi) is 5.23. The molecule has 2 rings (SSSR count). The summed E-state index contributed by atoms with van der Waals surface area (Å²) in [5.74, 6) is -0.213. The van der Waals surface area contributed by atoms with Gasteiger partial charge in [0.1, 0.15) is 10.8 Å². The van der Waals surface area contributed by atoms with E-state index in [4.69, 9.17) is 18.0 Å². The first kappa shape index (κ1) is 15.1. The highest BCUT2D eigenvalue weighted by molar-refractivity contribution is 7.80. The number of hydrogen-bond acceptors (Lipinski definition) is 3. The Morgan fingerprint density at radius 1 is 1.35 bits per heavy atom. The summed E-state index contributed by atoms with van der Waals surface area (Å²) < 4.78 is 13.9. The van der Waals surface area contributed by atoms with Gasteiger partial charge in [-0.2, -0.15) is 0 Å². The van der Waals surface area contributed by atoms with Crippen molar-refractivity contribution in [2.24, 2.45) is 5.73 Å². The van der Waals surface area contributed by atoms with Crippen molar-refractivity contribution in [2.45, 2.75) is 20.0 Å². The monoisotopic (exact) mass is 308 g/mol. The molecule has 0 aliphatic heterocycles. The molecule has 106 valence electrons. The molecule has 0 aliphatic carbocycles. The summed E-state index contributed by atoms with van der Waals surface area (Å²) >= 11 is 6.66. The number of nitrogens with two attached hydrogens (primary N) is 1. The van der Waals surface area contributed by atoms with Crippen molar-refractivity contribution >= 4 is 28.5 Å². The molecule has 1 aromatic carbocycles. The lowest BCUT2D eigenvalue weighted by Crippen LogP contribution is -2.23. The zero-order chi connectivity index (χ0) is 14.5. The van der Waals surface area contributed by atoms with Crippen molar-refractivity contribution in [3.63, 3.8) is 0 Å². The maximum absolute atomic E-state index is 13.9. The van der Waals surface area contributed by atoms with Gasteiger partial charge in [-0.25, -0.2) is 4.39 Å². The summed E-state index contributed by atoms with van der Waals surface area (Å²) in [5, 5.41) is 2.05. The van der Waals surface area contributed by atoms with Gasteiger partial charge in [0, 0.05) is 29.1 Å². The Morgan fingerprint density at radius 3 is 2.75 bits per heavy atom. The smallest absolute Gasteiger partial charge is 0.127 e. The predicted octanol–water partition coefficient (Wildman–Crippen LogP) is 3.54. The fraction of sp³-hybridized carbons (Fsp3) is 0.267. The van der Waals surface area contributed by atoms with Gasteiger partial charge in [-0.3, -0.25) is 4.90 Å². The Morgan fingerprint density at radius 2 is 2.15 bits per heavy atom. The molecule has 0 amide bonds. The summed E-state index contributed by atoms with van der Waals surface area (Å²) in [5.41, 5.74) is 6.95. The van der Waals surface area contributed by atoms with Crippen molar-refractivity contribution in [3.05, 3.63) is 57.5 Å². The normalized spacial score (nSPS) is 10.9. The molecule has 1 aromatic heterocycles. The first-order valence-corrected chi connectivity index (χ1v) is 7.72. The van der Waals surface area contributed by atoms with Gasteiger partial charge in [-0.1, -0.05) is 25.2 Å². The average molecular weight is 308 g/mol. The second-order valence-electron chi connectivity index (χ2n) is 4.55. The van der Waals surface area contributed by atoms with E-state index in [-0.39, 0.29) is 5.82 Å². The second kappa shape index (κ2) is 6.92. The molecule has 2 N–H and O–H groups in total. The van der Waals surface area contributed by atoms with Crippen LogP contribution >= 0.6 is 23.6 Å². The van der Waals surface area contributed by atoms with Gasteiger partial charge < -0.3 is 5.73 Å². The number of nitrogens with zero attached hydrogens (tertiary/aromatic N) is 1. The van der Waals surface area contributed by atoms with Gasteiger partial charge in [0.05, 0.1) is 0 Å². The third-order valence-corrected chi connectivity index (χ3v) is 4.23. The number of thiocarbonyl (C=S) groups is 1. The zero-order valence-corrected chi connectivity index (χ0v) is 12.9. The van der Waals surface area contributed by atoms with Gasteiger partial charge >= 0.3 is 0 Å². The van der Waals surface area contributed by atoms with Crippen molar-refractivity contribution in [2.75, 3.05) is 6.54 Å². The van der Waals surface area contributed by atoms with Gasteiger partial charge in [0.25, 0.3) is 0 Å². The van der Waals surface area contributed by atoms with Crippen molar-refractivity contribution in [1.82, 2.24) is 4.90 Å². The van der Waals surface area contributed by atoms with Crippen LogP contribution in [0.5, 0.6) is 0 Å². The van der Waals surface area contributed by atoms with Gasteiger partial charge in [-0.05, 0) is 36.2 Å². The van der Waals surface area contributed by atoms with Crippen LogP contribution in [0.15, 0.2) is 35.7 Å². The molecule has 0 bridgehead atoms. The van der Waals surface area contributed by atoms with E-state index in [2.05, 4.69) is 23.3 Å². The fourth-order valence-corrected chi connectivity index (χ4v) is 2.87. The van der Waals surface area contributed by atoms with Crippen LogP contribution < -0.4 is 5.73 Å². The lowest BCUT2D eigenvalue weighted by atomic mass is 10.1. The number of rotatable bonds is 6. The maximum atomic E-state index is 13.9. The van der Waals surface area contributed by atoms with Gasteiger partial charge in [0.15, 0.2) is 0 Å². The number of thiophene rings is 1. The van der Waals surface area contributed by atoms with E-state index in [1.165, 1.54) is 10.9 Å². The van der Waals surface area contributed by atoms with E-state index in [9.17, 15) is 4.39 Å².